The number of rotatable bonds is 6. The molecule has 0 spiro atoms. The summed E-state index contributed by atoms with van der Waals surface area (Å²) < 4.78 is 31.0. The van der Waals surface area contributed by atoms with Gasteiger partial charge in [0.05, 0.1) is 13.4 Å². The van der Waals surface area contributed by atoms with Gasteiger partial charge in [0.1, 0.15) is 5.75 Å². The Bertz CT molecular complexity index is 1300. The minimum Gasteiger partial charge on any atom is -0.496 e. The number of nitrogens with one attached hydrogen (secondary N) is 2. The molecule has 3 aromatic rings. The predicted molar refractivity (Wildman–Crippen MR) is 132 cm³/mol. The van der Waals surface area contributed by atoms with Crippen molar-refractivity contribution in [1.29, 1.82) is 0 Å². The van der Waals surface area contributed by atoms with Gasteiger partial charge in [-0.05, 0) is 52.9 Å². The van der Waals surface area contributed by atoms with E-state index in [1.165, 1.54) is 0 Å². The van der Waals surface area contributed by atoms with E-state index in [1.54, 1.807) is 37.6 Å². The van der Waals surface area contributed by atoms with E-state index in [9.17, 15) is 13.2 Å². The Balaban J connectivity index is 2.07. The first-order valence-electron chi connectivity index (χ1n) is 10.1. The van der Waals surface area contributed by atoms with Crippen LogP contribution in [0.1, 0.15) is 37.5 Å². The number of methoxy groups -OCH3 is 1. The zero-order valence-electron chi connectivity index (χ0n) is 18.9. The topological polar surface area (TPSA) is 88.3 Å². The number of ether oxygens (including phenoxy) is 1. The Hall–Kier alpha value is -3.32. The molecule has 0 fully saturated rings. The van der Waals surface area contributed by atoms with Gasteiger partial charge in [-0.3, -0.25) is 9.52 Å². The van der Waals surface area contributed by atoms with Gasteiger partial charge in [-0.25, -0.2) is 8.42 Å². The maximum absolute atomic E-state index is 12.4. The number of sulfonamides is 1. The Morgan fingerprint density at radius 1 is 1.03 bits per heavy atom. The van der Waals surface area contributed by atoms with Crippen LogP contribution in [0.15, 0.2) is 59.5 Å². The minimum atomic E-state index is -3.32. The maximum atomic E-state index is 12.4. The predicted octanol–water partition coefficient (Wildman–Crippen LogP) is 4.89. The van der Waals surface area contributed by atoms with E-state index in [0.717, 1.165) is 34.3 Å². The first-order chi connectivity index (χ1) is 15.0. The van der Waals surface area contributed by atoms with Crippen LogP contribution in [-0.2, 0) is 15.4 Å². The summed E-state index contributed by atoms with van der Waals surface area (Å²) in [5.41, 5.74) is 4.28. The highest BCUT2D eigenvalue weighted by Crippen LogP contribution is 2.38. The van der Waals surface area contributed by atoms with Crippen LogP contribution in [0, 0.1) is 0 Å². The van der Waals surface area contributed by atoms with Crippen molar-refractivity contribution in [3.8, 4) is 16.9 Å². The van der Waals surface area contributed by atoms with E-state index in [-0.39, 0.29) is 11.0 Å². The van der Waals surface area contributed by atoms with E-state index in [2.05, 4.69) is 30.5 Å². The number of pyridine rings is 1. The van der Waals surface area contributed by atoms with Crippen molar-refractivity contribution in [1.82, 2.24) is 4.98 Å². The summed E-state index contributed by atoms with van der Waals surface area (Å²) in [7, 11) is -1.68. The van der Waals surface area contributed by atoms with E-state index in [0.29, 0.717) is 11.3 Å². The van der Waals surface area contributed by atoms with E-state index < -0.39 is 10.0 Å². The number of H-pyrrole nitrogens is 1. The molecule has 7 heteroatoms. The number of aromatic amines is 1. The molecule has 2 N–H and O–H groups in total. The highest BCUT2D eigenvalue weighted by Gasteiger charge is 2.22. The molecule has 1 aromatic heterocycles. The summed E-state index contributed by atoms with van der Waals surface area (Å²) in [6.45, 7) is 6.31. The second-order valence-electron chi connectivity index (χ2n) is 8.64. The van der Waals surface area contributed by atoms with Crippen molar-refractivity contribution in [2.24, 2.45) is 0 Å². The monoisotopic (exact) mass is 452 g/mol. The Kier molecular flexibility index (Phi) is 6.60. The molecule has 0 radical (unpaired) electrons. The third-order valence-electron chi connectivity index (χ3n) is 4.93. The fourth-order valence-corrected chi connectivity index (χ4v) is 3.99. The van der Waals surface area contributed by atoms with Crippen LogP contribution in [0.3, 0.4) is 0 Å². The zero-order valence-corrected chi connectivity index (χ0v) is 19.7. The molecule has 0 aliphatic heterocycles. The molecule has 32 heavy (non-hydrogen) atoms. The zero-order chi connectivity index (χ0) is 23.5. The molecule has 6 nitrogen and oxygen atoms in total. The third-order valence-corrected chi connectivity index (χ3v) is 5.53. The smallest absolute Gasteiger partial charge is 0.255 e. The van der Waals surface area contributed by atoms with Gasteiger partial charge in [-0.15, -0.1) is 0 Å². The second-order valence-corrected chi connectivity index (χ2v) is 10.4. The average molecular weight is 453 g/mol. The summed E-state index contributed by atoms with van der Waals surface area (Å²) in [5.74, 6) is 0.750. The second kappa shape index (κ2) is 9.04. The van der Waals surface area contributed by atoms with Crippen LogP contribution in [0.25, 0.3) is 23.3 Å². The number of benzene rings is 2. The van der Waals surface area contributed by atoms with Crippen LogP contribution in [0.5, 0.6) is 5.75 Å². The third kappa shape index (κ3) is 5.68. The first-order valence-corrected chi connectivity index (χ1v) is 12.0. The lowest BCUT2D eigenvalue weighted by Crippen LogP contribution is -2.15. The summed E-state index contributed by atoms with van der Waals surface area (Å²) in [6.07, 6.45) is 6.59. The van der Waals surface area contributed by atoms with Crippen molar-refractivity contribution in [2.45, 2.75) is 26.2 Å². The molecule has 0 aliphatic carbocycles. The molecule has 0 unspecified atom stereocenters. The standard InChI is InChI=1S/C25H28N2O4S/c1-25(2,3)22-16-19(21-7-6-14-26-24(21)28)15-18(23(22)31-4)11-8-17-9-12-20(13-10-17)27-32(5,29)30/h6-16,27H,1-5H3,(H,26,28). The van der Waals surface area contributed by atoms with Crippen molar-refractivity contribution >= 4 is 27.9 Å². The highest BCUT2D eigenvalue weighted by molar-refractivity contribution is 7.92. The molecular weight excluding hydrogens is 424 g/mol. The van der Waals surface area contributed by atoms with Gasteiger partial charge in [0.25, 0.3) is 5.56 Å². The Morgan fingerprint density at radius 2 is 1.72 bits per heavy atom. The Morgan fingerprint density at radius 3 is 2.28 bits per heavy atom. The maximum Gasteiger partial charge on any atom is 0.255 e. The van der Waals surface area contributed by atoms with E-state index >= 15 is 0 Å². The van der Waals surface area contributed by atoms with Gasteiger partial charge >= 0.3 is 0 Å². The molecule has 3 rings (SSSR count). The summed E-state index contributed by atoms with van der Waals surface area (Å²) >= 11 is 0. The summed E-state index contributed by atoms with van der Waals surface area (Å²) in [5, 5.41) is 0. The fraction of sp³-hybridized carbons (Fsp3) is 0.240. The number of aromatic nitrogens is 1. The highest BCUT2D eigenvalue weighted by atomic mass is 32.2. The largest absolute Gasteiger partial charge is 0.496 e. The van der Waals surface area contributed by atoms with E-state index in [1.807, 2.05) is 36.4 Å². The molecule has 0 aliphatic rings. The molecule has 0 saturated heterocycles. The average Bonchev–Trinajstić information content (AvgIpc) is 2.71. The lowest BCUT2D eigenvalue weighted by Gasteiger charge is -2.24. The first kappa shape index (κ1) is 23.3. The summed E-state index contributed by atoms with van der Waals surface area (Å²) in [4.78, 5) is 15.1. The van der Waals surface area contributed by atoms with Crippen LogP contribution in [-0.4, -0.2) is 26.8 Å². The molecular formula is C25H28N2O4S. The van der Waals surface area contributed by atoms with Gasteiger partial charge in [0.2, 0.25) is 10.0 Å². The lowest BCUT2D eigenvalue weighted by atomic mass is 9.83. The van der Waals surface area contributed by atoms with Crippen LogP contribution >= 0.6 is 0 Å². The molecule has 0 saturated carbocycles. The molecule has 2 aromatic carbocycles. The quantitative estimate of drug-likeness (QED) is 0.521. The van der Waals surface area contributed by atoms with Crippen LogP contribution in [0.4, 0.5) is 5.69 Å². The molecule has 1 heterocycles. The molecule has 168 valence electrons. The van der Waals surface area contributed by atoms with Gasteiger partial charge in [0.15, 0.2) is 0 Å². The van der Waals surface area contributed by atoms with Crippen LogP contribution in [0.2, 0.25) is 0 Å². The molecule has 0 bridgehead atoms. The number of hydrogen-bond donors (Lipinski definition) is 2. The number of hydrogen-bond acceptors (Lipinski definition) is 4. The van der Waals surface area contributed by atoms with E-state index in [4.69, 9.17) is 4.74 Å². The van der Waals surface area contributed by atoms with Crippen molar-refractivity contribution in [2.75, 3.05) is 18.1 Å². The SMILES string of the molecule is COc1c(C=Cc2ccc(NS(C)(=O)=O)cc2)cc(-c2ccc[nH]c2=O)cc1C(C)(C)C. The Labute approximate surface area is 189 Å². The van der Waals surface area contributed by atoms with Crippen molar-refractivity contribution < 1.29 is 13.2 Å². The van der Waals surface area contributed by atoms with Gasteiger partial charge in [0, 0.05) is 28.6 Å². The molecule has 0 amide bonds. The summed E-state index contributed by atoms with van der Waals surface area (Å²) in [6, 6.07) is 14.6. The van der Waals surface area contributed by atoms with Crippen molar-refractivity contribution in [3.05, 3.63) is 81.8 Å². The van der Waals surface area contributed by atoms with Gasteiger partial charge < -0.3 is 9.72 Å². The fourth-order valence-electron chi connectivity index (χ4n) is 3.43. The normalized spacial score (nSPS) is 12.2. The number of anilines is 1. The molecule has 0 atom stereocenters. The van der Waals surface area contributed by atoms with Gasteiger partial charge in [-0.1, -0.05) is 45.1 Å². The minimum absolute atomic E-state index is 0.151. The van der Waals surface area contributed by atoms with Crippen molar-refractivity contribution in [3.63, 3.8) is 0 Å². The lowest BCUT2D eigenvalue weighted by molar-refractivity contribution is 0.397. The van der Waals surface area contributed by atoms with Crippen LogP contribution < -0.4 is 15.0 Å². The van der Waals surface area contributed by atoms with Gasteiger partial charge in [-0.2, -0.15) is 0 Å².